The van der Waals surface area contributed by atoms with Gasteiger partial charge in [0.1, 0.15) is 24.6 Å². The van der Waals surface area contributed by atoms with E-state index in [9.17, 15) is 9.59 Å². The average Bonchev–Trinajstić information content (AvgIpc) is 3.03. The molecule has 0 radical (unpaired) electrons. The van der Waals surface area contributed by atoms with Crippen LogP contribution in [0.15, 0.2) is 54.9 Å². The molecular weight excluding hydrogens is 560 g/mol. The fourth-order valence-corrected chi connectivity index (χ4v) is 6.11. The zero-order chi connectivity index (χ0) is 30.5. The molecule has 8 bridgehead atoms. The first-order valence-corrected chi connectivity index (χ1v) is 15.2. The summed E-state index contributed by atoms with van der Waals surface area (Å²) in [5.74, 6) is 1.56. The van der Waals surface area contributed by atoms with Crippen LogP contribution in [0.3, 0.4) is 0 Å². The summed E-state index contributed by atoms with van der Waals surface area (Å²) >= 11 is 0. The van der Waals surface area contributed by atoms with E-state index in [1.165, 1.54) is 6.33 Å². The molecule has 1 unspecified atom stereocenters. The number of fused-ring (bicyclic) bond motifs is 8. The largest absolute Gasteiger partial charge is 0.493 e. The Balaban J connectivity index is 1.27. The van der Waals surface area contributed by atoms with E-state index in [2.05, 4.69) is 54.9 Å². The molecule has 0 spiro atoms. The third kappa shape index (κ3) is 7.03. The third-order valence-electron chi connectivity index (χ3n) is 8.53. The lowest BCUT2D eigenvalue weighted by atomic mass is 9.83. The van der Waals surface area contributed by atoms with Crippen molar-refractivity contribution in [2.24, 2.45) is 11.8 Å². The van der Waals surface area contributed by atoms with E-state index in [1.807, 2.05) is 41.3 Å². The predicted molar refractivity (Wildman–Crippen MR) is 167 cm³/mol. The number of hydrogen-bond acceptors (Lipinski definition) is 10. The smallest absolute Gasteiger partial charge is 0.226 e. The average molecular weight is 601 g/mol. The molecule has 12 nitrogen and oxygen atoms in total. The van der Waals surface area contributed by atoms with Gasteiger partial charge in [0.15, 0.2) is 11.5 Å². The van der Waals surface area contributed by atoms with Crippen LogP contribution in [0.25, 0.3) is 0 Å². The molecule has 12 heteroatoms. The van der Waals surface area contributed by atoms with Gasteiger partial charge in [-0.3, -0.25) is 14.5 Å². The van der Waals surface area contributed by atoms with Crippen LogP contribution < -0.4 is 25.4 Å². The van der Waals surface area contributed by atoms with Gasteiger partial charge in [-0.15, -0.1) is 0 Å². The van der Waals surface area contributed by atoms with Gasteiger partial charge in [-0.05, 0) is 49.8 Å². The summed E-state index contributed by atoms with van der Waals surface area (Å²) in [5.41, 5.74) is 2.77. The van der Waals surface area contributed by atoms with Gasteiger partial charge in [0, 0.05) is 62.8 Å². The Morgan fingerprint density at radius 3 is 2.52 bits per heavy atom. The van der Waals surface area contributed by atoms with E-state index in [0.717, 1.165) is 36.6 Å². The number of ether oxygens (including phenoxy) is 2. The van der Waals surface area contributed by atoms with Crippen LogP contribution in [0.5, 0.6) is 11.5 Å². The van der Waals surface area contributed by atoms with Crippen LogP contribution >= 0.6 is 0 Å². The number of nitrogens with one attached hydrogen (secondary N) is 3. The second-order valence-corrected chi connectivity index (χ2v) is 11.6. The van der Waals surface area contributed by atoms with Gasteiger partial charge in [-0.1, -0.05) is 12.1 Å². The molecule has 2 saturated heterocycles. The number of piperazine rings is 1. The third-order valence-corrected chi connectivity index (χ3v) is 8.53. The summed E-state index contributed by atoms with van der Waals surface area (Å²) in [6, 6.07) is 15.6. The normalized spacial score (nSPS) is 22.8. The molecule has 3 aliphatic rings. The van der Waals surface area contributed by atoms with E-state index in [4.69, 9.17) is 9.47 Å². The fourth-order valence-electron chi connectivity index (χ4n) is 6.11. The maximum atomic E-state index is 13.7. The van der Waals surface area contributed by atoms with E-state index in [0.29, 0.717) is 62.3 Å². The summed E-state index contributed by atoms with van der Waals surface area (Å²) in [4.78, 5) is 42.6. The van der Waals surface area contributed by atoms with Crippen LogP contribution in [0.4, 0.5) is 23.0 Å². The summed E-state index contributed by atoms with van der Waals surface area (Å²) in [6.07, 6.45) is 2.15. The lowest BCUT2D eigenvalue weighted by molar-refractivity contribution is -0.146. The van der Waals surface area contributed by atoms with Gasteiger partial charge < -0.3 is 35.2 Å². The number of piperidine rings is 1. The standard InChI is InChI=1S/C32H40N8O4/c1-38-11-13-40(14-12-38)32(42)25-8-10-39-19-22-4-3-5-23(16-22)36-29-18-30(35-21-34-29)37-24-6-7-27(43-2)28(17-24)44-15-9-33-31(41)26(25)20-39/h3-7,16-18,21,25-26H,8-15,19-20H2,1-2H3,(H,33,41)(H2,34,35,36,37)/t25-,26+/m0/s1. The summed E-state index contributed by atoms with van der Waals surface area (Å²) in [6.45, 7) is 5.55. The molecule has 3 aromatic rings. The minimum absolute atomic E-state index is 0.0908. The molecule has 0 saturated carbocycles. The number of anilines is 4. The predicted octanol–water partition coefficient (Wildman–Crippen LogP) is 2.69. The van der Waals surface area contributed by atoms with Crippen LogP contribution in [-0.4, -0.2) is 103 Å². The van der Waals surface area contributed by atoms with Crippen molar-refractivity contribution in [1.82, 2.24) is 30.0 Å². The minimum Gasteiger partial charge on any atom is -0.493 e. The van der Waals surface area contributed by atoms with Crippen molar-refractivity contribution < 1.29 is 19.1 Å². The van der Waals surface area contributed by atoms with Crippen LogP contribution in [0.1, 0.15) is 12.0 Å². The van der Waals surface area contributed by atoms with Crippen LogP contribution in [0, 0.1) is 11.8 Å². The number of aromatic nitrogens is 2. The molecule has 1 aromatic heterocycles. The Labute approximate surface area is 257 Å². The number of methoxy groups -OCH3 is 1. The maximum Gasteiger partial charge on any atom is 0.226 e. The van der Waals surface area contributed by atoms with Crippen molar-refractivity contribution in [3.63, 3.8) is 0 Å². The molecule has 4 heterocycles. The highest BCUT2D eigenvalue weighted by atomic mass is 16.5. The highest BCUT2D eigenvalue weighted by molar-refractivity contribution is 5.88. The first kappa shape index (κ1) is 29.6. The molecule has 3 atom stereocenters. The van der Waals surface area contributed by atoms with Crippen molar-refractivity contribution in [2.45, 2.75) is 13.0 Å². The van der Waals surface area contributed by atoms with Crippen LogP contribution in [-0.2, 0) is 16.1 Å². The lowest BCUT2D eigenvalue weighted by Crippen LogP contribution is -2.55. The van der Waals surface area contributed by atoms with Crippen molar-refractivity contribution in [3.05, 3.63) is 60.4 Å². The number of hydrogen-bond donors (Lipinski definition) is 3. The van der Waals surface area contributed by atoms with E-state index < -0.39 is 5.92 Å². The number of carbonyl (C=O) groups is 2. The zero-order valence-corrected chi connectivity index (χ0v) is 25.3. The van der Waals surface area contributed by atoms with Gasteiger partial charge in [0.2, 0.25) is 11.8 Å². The van der Waals surface area contributed by atoms with Crippen molar-refractivity contribution in [3.8, 4) is 11.5 Å². The van der Waals surface area contributed by atoms with Gasteiger partial charge in [-0.2, -0.15) is 0 Å². The number of carbonyl (C=O) groups excluding carboxylic acids is 2. The molecule has 6 rings (SSSR count). The fraction of sp³-hybridized carbons (Fsp3) is 0.438. The van der Waals surface area contributed by atoms with E-state index in [-0.39, 0.29) is 24.3 Å². The van der Waals surface area contributed by atoms with E-state index >= 15 is 0 Å². The number of nitrogens with zero attached hydrogens (tertiary/aromatic N) is 5. The number of benzene rings is 2. The van der Waals surface area contributed by atoms with Crippen molar-refractivity contribution in [2.75, 3.05) is 77.2 Å². The van der Waals surface area contributed by atoms with Gasteiger partial charge in [-0.25, -0.2) is 9.97 Å². The second kappa shape index (κ2) is 13.5. The van der Waals surface area contributed by atoms with Gasteiger partial charge in [0.05, 0.1) is 25.5 Å². The quantitative estimate of drug-likeness (QED) is 0.405. The Morgan fingerprint density at radius 1 is 0.977 bits per heavy atom. The molecule has 2 fully saturated rings. The highest BCUT2D eigenvalue weighted by Crippen LogP contribution is 2.32. The summed E-state index contributed by atoms with van der Waals surface area (Å²) < 4.78 is 11.6. The highest BCUT2D eigenvalue weighted by Gasteiger charge is 2.40. The first-order valence-electron chi connectivity index (χ1n) is 15.2. The Hall–Kier alpha value is -4.42. The monoisotopic (exact) mass is 600 g/mol. The maximum absolute atomic E-state index is 13.7. The number of rotatable bonds is 2. The Kier molecular flexibility index (Phi) is 9.08. The van der Waals surface area contributed by atoms with Crippen LogP contribution in [0.2, 0.25) is 0 Å². The van der Waals surface area contributed by atoms with E-state index in [1.54, 1.807) is 7.11 Å². The number of likely N-dealkylation sites (N-methyl/N-ethyl adjacent to an activating group) is 1. The summed E-state index contributed by atoms with van der Waals surface area (Å²) in [5, 5.41) is 9.74. The number of amides is 2. The lowest BCUT2D eigenvalue weighted by Gasteiger charge is -2.41. The SMILES string of the molecule is COc1ccc2cc1OCCNC(=O)[C@@H]1CN(CC[C@@H]1C(=O)N1CCN(C)CC1)Cc1cccc(c1)Nc1cc(ncn1)N2. The molecular formula is C32H40N8O4. The molecule has 0 aliphatic carbocycles. The Bertz CT molecular complexity index is 1480. The molecule has 2 aromatic carbocycles. The molecule has 232 valence electrons. The first-order chi connectivity index (χ1) is 21.4. The van der Waals surface area contributed by atoms with Crippen molar-refractivity contribution in [1.29, 1.82) is 0 Å². The minimum atomic E-state index is -0.454. The summed E-state index contributed by atoms with van der Waals surface area (Å²) in [7, 11) is 3.66. The molecule has 3 N–H and O–H groups in total. The topological polar surface area (TPSA) is 124 Å². The molecule has 3 aliphatic heterocycles. The molecule has 44 heavy (non-hydrogen) atoms. The van der Waals surface area contributed by atoms with Gasteiger partial charge in [0.25, 0.3) is 0 Å². The molecule has 2 amide bonds. The second-order valence-electron chi connectivity index (χ2n) is 11.6. The van der Waals surface area contributed by atoms with Gasteiger partial charge >= 0.3 is 0 Å². The zero-order valence-electron chi connectivity index (χ0n) is 25.3. The van der Waals surface area contributed by atoms with Crippen molar-refractivity contribution >= 4 is 34.8 Å². The Morgan fingerprint density at radius 2 is 1.75 bits per heavy atom.